The zero-order chi connectivity index (χ0) is 32.6. The van der Waals surface area contributed by atoms with E-state index in [-0.39, 0.29) is 12.6 Å². The van der Waals surface area contributed by atoms with Gasteiger partial charge in [-0.05, 0) is 12.8 Å². The van der Waals surface area contributed by atoms with Gasteiger partial charge in [0.15, 0.2) is 0 Å². The number of carbonyl (C=O) groups excluding carboxylic acids is 1. The maximum atomic E-state index is 11.2. The zero-order valence-corrected chi connectivity index (χ0v) is 29.2. The van der Waals surface area contributed by atoms with Crippen molar-refractivity contribution < 1.29 is 47.4 Å². The molecule has 0 saturated heterocycles. The highest BCUT2D eigenvalue weighted by Gasteiger charge is 2.00. The summed E-state index contributed by atoms with van der Waals surface area (Å²) in [6.45, 7) is 13.2. The van der Waals surface area contributed by atoms with Crippen molar-refractivity contribution in [2.45, 2.75) is 110 Å². The van der Waals surface area contributed by atoms with Crippen molar-refractivity contribution in [3.63, 3.8) is 0 Å². The van der Waals surface area contributed by atoms with Gasteiger partial charge in [0.05, 0.1) is 99.1 Å². The SMILES string of the molecule is CCCCCCCCCCCCCCCOCCOCCOCCOCCOCCOCCOCCOCCOC(=O)CCC. The van der Waals surface area contributed by atoms with E-state index in [4.69, 9.17) is 42.6 Å². The van der Waals surface area contributed by atoms with Gasteiger partial charge in [-0.3, -0.25) is 4.79 Å². The predicted octanol–water partition coefficient (Wildman–Crippen LogP) is 6.55. The van der Waals surface area contributed by atoms with Crippen LogP contribution < -0.4 is 0 Å². The van der Waals surface area contributed by atoms with Crippen LogP contribution in [0.15, 0.2) is 0 Å². The molecule has 0 aromatic carbocycles. The monoisotopic (exact) mass is 650 g/mol. The summed E-state index contributed by atoms with van der Waals surface area (Å²) in [5.41, 5.74) is 0. The van der Waals surface area contributed by atoms with Crippen LogP contribution in [-0.2, 0) is 47.4 Å². The van der Waals surface area contributed by atoms with Gasteiger partial charge in [-0.1, -0.05) is 90.9 Å². The van der Waals surface area contributed by atoms with Gasteiger partial charge >= 0.3 is 5.97 Å². The molecule has 0 fully saturated rings. The lowest BCUT2D eigenvalue weighted by atomic mass is 10.0. The van der Waals surface area contributed by atoms with E-state index in [9.17, 15) is 4.79 Å². The van der Waals surface area contributed by atoms with Crippen LogP contribution in [0, 0.1) is 0 Å². The third kappa shape index (κ3) is 41.1. The summed E-state index contributed by atoms with van der Waals surface area (Å²) in [6.07, 6.45) is 19.0. The van der Waals surface area contributed by atoms with Gasteiger partial charge in [0.1, 0.15) is 6.61 Å². The molecule has 270 valence electrons. The Morgan fingerprint density at radius 1 is 0.311 bits per heavy atom. The highest BCUT2D eigenvalue weighted by atomic mass is 16.6. The first-order valence-electron chi connectivity index (χ1n) is 18.1. The van der Waals surface area contributed by atoms with Crippen molar-refractivity contribution in [1.29, 1.82) is 0 Å². The van der Waals surface area contributed by atoms with Crippen LogP contribution >= 0.6 is 0 Å². The molecule has 0 rings (SSSR count). The summed E-state index contributed by atoms with van der Waals surface area (Å²) in [6, 6.07) is 0. The molecule has 0 bridgehead atoms. The average molecular weight is 651 g/mol. The van der Waals surface area contributed by atoms with E-state index in [0.29, 0.717) is 106 Å². The summed E-state index contributed by atoms with van der Waals surface area (Å²) in [4.78, 5) is 11.2. The Labute approximate surface area is 275 Å². The first-order chi connectivity index (χ1) is 22.3. The van der Waals surface area contributed by atoms with Crippen molar-refractivity contribution in [2.24, 2.45) is 0 Å². The standard InChI is InChI=1S/C35H70O10/c1-3-5-6-7-8-9-10-11-12-13-14-15-16-18-37-19-20-38-21-22-39-23-24-40-25-26-41-27-28-42-29-30-43-31-32-44-33-34-45-35(36)17-4-2/h3-34H2,1-2H3. The van der Waals surface area contributed by atoms with Crippen LogP contribution in [0.4, 0.5) is 0 Å². The predicted molar refractivity (Wildman–Crippen MR) is 178 cm³/mol. The number of esters is 1. The molecule has 0 N–H and O–H groups in total. The summed E-state index contributed by atoms with van der Waals surface area (Å²) in [7, 11) is 0. The van der Waals surface area contributed by atoms with Gasteiger partial charge in [0.25, 0.3) is 0 Å². The smallest absolute Gasteiger partial charge is 0.305 e. The molecule has 10 nitrogen and oxygen atoms in total. The number of unbranched alkanes of at least 4 members (excludes halogenated alkanes) is 12. The molecule has 0 aliphatic heterocycles. The Hall–Kier alpha value is -0.850. The minimum Gasteiger partial charge on any atom is -0.463 e. The molecule has 0 saturated carbocycles. The van der Waals surface area contributed by atoms with E-state index < -0.39 is 0 Å². The lowest BCUT2D eigenvalue weighted by Crippen LogP contribution is -2.15. The first-order valence-corrected chi connectivity index (χ1v) is 18.1. The Balaban J connectivity index is 3.05. The molecule has 0 aromatic rings. The fourth-order valence-electron chi connectivity index (χ4n) is 4.35. The molecule has 0 unspecified atom stereocenters. The summed E-state index contributed by atoms with van der Waals surface area (Å²) in [5, 5.41) is 0. The molecular formula is C35H70O10. The second kappa shape index (κ2) is 41.2. The Kier molecular flexibility index (Phi) is 40.4. The topological polar surface area (TPSA) is 100 Å². The number of hydrogen-bond acceptors (Lipinski definition) is 10. The highest BCUT2D eigenvalue weighted by Crippen LogP contribution is 2.12. The molecule has 0 spiro atoms. The highest BCUT2D eigenvalue weighted by molar-refractivity contribution is 5.69. The van der Waals surface area contributed by atoms with Crippen molar-refractivity contribution >= 4 is 5.97 Å². The Morgan fingerprint density at radius 3 is 0.889 bits per heavy atom. The van der Waals surface area contributed by atoms with Crippen molar-refractivity contribution in [1.82, 2.24) is 0 Å². The van der Waals surface area contributed by atoms with Crippen LogP contribution in [-0.4, -0.2) is 118 Å². The molecule has 0 heterocycles. The van der Waals surface area contributed by atoms with Crippen LogP contribution in [0.2, 0.25) is 0 Å². The maximum Gasteiger partial charge on any atom is 0.305 e. The second-order valence-electron chi connectivity index (χ2n) is 11.1. The lowest BCUT2D eigenvalue weighted by molar-refractivity contribution is -0.145. The quantitative estimate of drug-likeness (QED) is 0.0536. The summed E-state index contributed by atoms with van der Waals surface area (Å²) < 4.78 is 48.9. The fourth-order valence-corrected chi connectivity index (χ4v) is 4.35. The molecule has 0 aliphatic rings. The molecule has 0 radical (unpaired) electrons. The van der Waals surface area contributed by atoms with E-state index >= 15 is 0 Å². The zero-order valence-electron chi connectivity index (χ0n) is 29.2. The molecular weight excluding hydrogens is 580 g/mol. The number of ether oxygens (including phenoxy) is 9. The van der Waals surface area contributed by atoms with E-state index in [2.05, 4.69) is 6.92 Å². The van der Waals surface area contributed by atoms with Gasteiger partial charge in [-0.25, -0.2) is 0 Å². The molecule has 0 atom stereocenters. The number of carbonyl (C=O) groups is 1. The van der Waals surface area contributed by atoms with E-state index in [1.54, 1.807) is 0 Å². The average Bonchev–Trinajstić information content (AvgIpc) is 3.04. The van der Waals surface area contributed by atoms with Crippen LogP contribution in [0.5, 0.6) is 0 Å². The van der Waals surface area contributed by atoms with Gasteiger partial charge in [-0.15, -0.1) is 0 Å². The van der Waals surface area contributed by atoms with E-state index in [1.165, 1.54) is 77.0 Å². The molecule has 0 aromatic heterocycles. The van der Waals surface area contributed by atoms with Gasteiger partial charge in [0.2, 0.25) is 0 Å². The normalized spacial score (nSPS) is 11.4. The van der Waals surface area contributed by atoms with E-state index in [0.717, 1.165) is 19.4 Å². The van der Waals surface area contributed by atoms with Crippen LogP contribution in [0.25, 0.3) is 0 Å². The minimum atomic E-state index is -0.181. The molecule has 45 heavy (non-hydrogen) atoms. The second-order valence-corrected chi connectivity index (χ2v) is 11.1. The van der Waals surface area contributed by atoms with Crippen molar-refractivity contribution in [2.75, 3.05) is 112 Å². The van der Waals surface area contributed by atoms with E-state index in [1.807, 2.05) is 6.92 Å². The van der Waals surface area contributed by atoms with Gasteiger partial charge < -0.3 is 42.6 Å². The summed E-state index contributed by atoms with van der Waals surface area (Å²) in [5.74, 6) is -0.181. The first kappa shape index (κ1) is 44.1. The molecule has 10 heteroatoms. The lowest BCUT2D eigenvalue weighted by Gasteiger charge is -2.09. The Bertz CT molecular complexity index is 553. The van der Waals surface area contributed by atoms with Crippen LogP contribution in [0.1, 0.15) is 110 Å². The van der Waals surface area contributed by atoms with Crippen molar-refractivity contribution in [3.8, 4) is 0 Å². The third-order valence-electron chi connectivity index (χ3n) is 6.94. The largest absolute Gasteiger partial charge is 0.463 e. The molecule has 0 amide bonds. The van der Waals surface area contributed by atoms with Crippen LogP contribution in [0.3, 0.4) is 0 Å². The Morgan fingerprint density at radius 2 is 0.578 bits per heavy atom. The third-order valence-corrected chi connectivity index (χ3v) is 6.94. The van der Waals surface area contributed by atoms with Gasteiger partial charge in [0, 0.05) is 13.0 Å². The van der Waals surface area contributed by atoms with Crippen molar-refractivity contribution in [3.05, 3.63) is 0 Å². The minimum absolute atomic E-state index is 0.181. The fraction of sp³-hybridized carbons (Fsp3) is 0.971. The number of rotatable bonds is 40. The molecule has 0 aliphatic carbocycles. The van der Waals surface area contributed by atoms with Gasteiger partial charge in [-0.2, -0.15) is 0 Å². The maximum absolute atomic E-state index is 11.2. The summed E-state index contributed by atoms with van der Waals surface area (Å²) >= 11 is 0. The number of hydrogen-bond donors (Lipinski definition) is 0.